The third kappa shape index (κ3) is 4.20. The first-order chi connectivity index (χ1) is 14.1. The largest absolute Gasteiger partial charge is 0.461 e. The SMILES string of the molecule is CC(=O)c1ccccc1NC(=O)CSc1nc(-c2ccco2)nc2ccccc12. The van der Waals surface area contributed by atoms with E-state index in [4.69, 9.17) is 4.42 Å². The van der Waals surface area contributed by atoms with E-state index in [0.29, 0.717) is 27.9 Å². The summed E-state index contributed by atoms with van der Waals surface area (Å²) in [6.07, 6.45) is 1.57. The summed E-state index contributed by atoms with van der Waals surface area (Å²) in [4.78, 5) is 33.4. The Kier molecular flexibility index (Phi) is 5.39. The number of amides is 1. The highest BCUT2D eigenvalue weighted by Crippen LogP contribution is 2.28. The van der Waals surface area contributed by atoms with Gasteiger partial charge < -0.3 is 9.73 Å². The molecule has 1 N–H and O–H groups in total. The molecule has 0 aliphatic heterocycles. The summed E-state index contributed by atoms with van der Waals surface area (Å²) < 4.78 is 5.42. The van der Waals surface area contributed by atoms with Crippen LogP contribution in [-0.2, 0) is 4.79 Å². The molecular formula is C22H17N3O3S. The molecule has 0 aliphatic carbocycles. The number of ketones is 1. The molecule has 4 rings (SSSR count). The maximum atomic E-state index is 12.5. The van der Waals surface area contributed by atoms with E-state index in [2.05, 4.69) is 15.3 Å². The summed E-state index contributed by atoms with van der Waals surface area (Å²) in [5.41, 5.74) is 1.77. The Morgan fingerprint density at radius 1 is 1.00 bits per heavy atom. The van der Waals surface area contributed by atoms with Gasteiger partial charge in [0.1, 0.15) is 5.03 Å². The maximum Gasteiger partial charge on any atom is 0.234 e. The highest BCUT2D eigenvalue weighted by Gasteiger charge is 2.14. The molecule has 6 nitrogen and oxygen atoms in total. The van der Waals surface area contributed by atoms with Crippen molar-refractivity contribution in [3.05, 3.63) is 72.5 Å². The zero-order valence-corrected chi connectivity index (χ0v) is 16.4. The standard InChI is InChI=1S/C22H17N3O3S/c1-14(26)15-7-2-4-9-17(15)23-20(27)13-29-22-16-8-3-5-10-18(16)24-21(25-22)19-11-6-12-28-19/h2-12H,13H2,1H3,(H,23,27). The number of anilines is 1. The van der Waals surface area contributed by atoms with Crippen LogP contribution in [0.25, 0.3) is 22.5 Å². The van der Waals surface area contributed by atoms with Crippen molar-refractivity contribution in [2.24, 2.45) is 0 Å². The minimum absolute atomic E-state index is 0.0987. The first-order valence-corrected chi connectivity index (χ1v) is 9.93. The zero-order chi connectivity index (χ0) is 20.2. The Labute approximate surface area is 171 Å². The smallest absolute Gasteiger partial charge is 0.234 e. The molecule has 29 heavy (non-hydrogen) atoms. The van der Waals surface area contributed by atoms with E-state index in [1.165, 1.54) is 18.7 Å². The van der Waals surface area contributed by atoms with Gasteiger partial charge in [-0.3, -0.25) is 9.59 Å². The van der Waals surface area contributed by atoms with Gasteiger partial charge in [0.05, 0.1) is 23.2 Å². The molecule has 0 aliphatic rings. The predicted octanol–water partition coefficient (Wildman–Crippen LogP) is 4.82. The lowest BCUT2D eigenvalue weighted by Gasteiger charge is -2.10. The van der Waals surface area contributed by atoms with E-state index < -0.39 is 0 Å². The summed E-state index contributed by atoms with van der Waals surface area (Å²) in [5, 5.41) is 4.37. The quantitative estimate of drug-likeness (QED) is 0.282. The number of benzene rings is 2. The lowest BCUT2D eigenvalue weighted by molar-refractivity contribution is -0.113. The van der Waals surface area contributed by atoms with Crippen molar-refractivity contribution < 1.29 is 14.0 Å². The monoisotopic (exact) mass is 403 g/mol. The van der Waals surface area contributed by atoms with Gasteiger partial charge in [0.25, 0.3) is 0 Å². The van der Waals surface area contributed by atoms with Gasteiger partial charge in [-0.25, -0.2) is 9.97 Å². The van der Waals surface area contributed by atoms with Crippen molar-refractivity contribution in [2.75, 3.05) is 11.1 Å². The fourth-order valence-corrected chi connectivity index (χ4v) is 3.71. The molecule has 0 unspecified atom stereocenters. The zero-order valence-electron chi connectivity index (χ0n) is 15.6. The number of Topliss-reactive ketones (excluding diaryl/α,β-unsaturated/α-hetero) is 1. The molecule has 2 aromatic heterocycles. The second-order valence-electron chi connectivity index (χ2n) is 6.29. The minimum atomic E-state index is -0.217. The molecule has 4 aromatic rings. The molecule has 2 heterocycles. The molecule has 7 heteroatoms. The molecule has 0 saturated heterocycles. The van der Waals surface area contributed by atoms with Gasteiger partial charge >= 0.3 is 0 Å². The van der Waals surface area contributed by atoms with Crippen molar-refractivity contribution in [3.8, 4) is 11.6 Å². The van der Waals surface area contributed by atoms with Crippen LogP contribution < -0.4 is 5.32 Å². The van der Waals surface area contributed by atoms with Crippen molar-refractivity contribution in [2.45, 2.75) is 11.9 Å². The highest BCUT2D eigenvalue weighted by atomic mass is 32.2. The lowest BCUT2D eigenvalue weighted by atomic mass is 10.1. The van der Waals surface area contributed by atoms with Crippen LogP contribution in [0.2, 0.25) is 0 Å². The first kappa shape index (κ1) is 18.9. The second-order valence-corrected chi connectivity index (χ2v) is 7.25. The van der Waals surface area contributed by atoms with E-state index in [9.17, 15) is 9.59 Å². The normalized spacial score (nSPS) is 10.8. The Hall–Kier alpha value is -3.45. The van der Waals surface area contributed by atoms with Crippen LogP contribution in [0, 0.1) is 0 Å². The number of para-hydroxylation sites is 2. The summed E-state index contributed by atoms with van der Waals surface area (Å²) >= 11 is 1.31. The maximum absolute atomic E-state index is 12.5. The third-order valence-electron chi connectivity index (χ3n) is 4.23. The van der Waals surface area contributed by atoms with Crippen molar-refractivity contribution in [3.63, 3.8) is 0 Å². The number of carbonyl (C=O) groups excluding carboxylic acids is 2. The van der Waals surface area contributed by atoms with Crippen molar-refractivity contribution >= 4 is 40.0 Å². The van der Waals surface area contributed by atoms with Gasteiger partial charge in [0, 0.05) is 10.9 Å². The highest BCUT2D eigenvalue weighted by molar-refractivity contribution is 8.00. The number of hydrogen-bond acceptors (Lipinski definition) is 6. The van der Waals surface area contributed by atoms with Crippen LogP contribution in [0.5, 0.6) is 0 Å². The van der Waals surface area contributed by atoms with Gasteiger partial charge in [0.2, 0.25) is 5.91 Å². The molecule has 144 valence electrons. The van der Waals surface area contributed by atoms with Gasteiger partial charge in [0.15, 0.2) is 17.4 Å². The van der Waals surface area contributed by atoms with Gasteiger partial charge in [-0.1, -0.05) is 42.1 Å². The number of fused-ring (bicyclic) bond motifs is 1. The average Bonchev–Trinajstić information content (AvgIpc) is 3.27. The number of furan rings is 1. The molecule has 0 bridgehead atoms. The van der Waals surface area contributed by atoms with Gasteiger partial charge in [-0.2, -0.15) is 0 Å². The first-order valence-electron chi connectivity index (χ1n) is 8.95. The Balaban J connectivity index is 1.57. The van der Waals surface area contributed by atoms with E-state index in [1.807, 2.05) is 24.3 Å². The number of rotatable bonds is 6. The fourth-order valence-electron chi connectivity index (χ4n) is 2.89. The number of thioether (sulfide) groups is 1. The topological polar surface area (TPSA) is 85.1 Å². The molecule has 0 radical (unpaired) electrons. The lowest BCUT2D eigenvalue weighted by Crippen LogP contribution is -2.16. The number of aromatic nitrogens is 2. The average molecular weight is 403 g/mol. The van der Waals surface area contributed by atoms with Crippen LogP contribution in [0.4, 0.5) is 5.69 Å². The minimum Gasteiger partial charge on any atom is -0.461 e. The summed E-state index contributed by atoms with van der Waals surface area (Å²) in [6.45, 7) is 1.48. The molecule has 0 spiro atoms. The van der Waals surface area contributed by atoms with Crippen molar-refractivity contribution in [1.29, 1.82) is 0 Å². The van der Waals surface area contributed by atoms with Gasteiger partial charge in [-0.05, 0) is 37.3 Å². The Morgan fingerprint density at radius 3 is 2.59 bits per heavy atom. The number of nitrogens with one attached hydrogen (secondary N) is 1. The van der Waals surface area contributed by atoms with E-state index in [-0.39, 0.29) is 17.4 Å². The fraction of sp³-hybridized carbons (Fsp3) is 0.0909. The van der Waals surface area contributed by atoms with Crippen LogP contribution in [0.15, 0.2) is 76.4 Å². The van der Waals surface area contributed by atoms with Gasteiger partial charge in [-0.15, -0.1) is 0 Å². The molecular weight excluding hydrogens is 386 g/mol. The number of carbonyl (C=O) groups is 2. The van der Waals surface area contributed by atoms with Crippen LogP contribution in [0.1, 0.15) is 17.3 Å². The Morgan fingerprint density at radius 2 is 1.79 bits per heavy atom. The van der Waals surface area contributed by atoms with Crippen LogP contribution in [-0.4, -0.2) is 27.4 Å². The molecule has 2 aromatic carbocycles. The Bertz CT molecular complexity index is 1190. The van der Waals surface area contributed by atoms with E-state index in [0.717, 1.165) is 10.9 Å². The third-order valence-corrected chi connectivity index (χ3v) is 5.22. The van der Waals surface area contributed by atoms with Crippen LogP contribution in [0.3, 0.4) is 0 Å². The predicted molar refractivity (Wildman–Crippen MR) is 113 cm³/mol. The second kappa shape index (κ2) is 8.28. The van der Waals surface area contributed by atoms with Crippen molar-refractivity contribution in [1.82, 2.24) is 9.97 Å². The molecule has 0 fully saturated rings. The summed E-state index contributed by atoms with van der Waals surface area (Å²) in [5.74, 6) is 0.866. The number of nitrogens with zero attached hydrogens (tertiary/aromatic N) is 2. The molecule has 0 atom stereocenters. The van der Waals surface area contributed by atoms with Crippen LogP contribution >= 0.6 is 11.8 Å². The summed E-state index contributed by atoms with van der Waals surface area (Å²) in [6, 6.07) is 18.2. The molecule has 1 amide bonds. The van der Waals surface area contributed by atoms with E-state index >= 15 is 0 Å². The van der Waals surface area contributed by atoms with E-state index in [1.54, 1.807) is 42.7 Å². The summed E-state index contributed by atoms with van der Waals surface area (Å²) in [7, 11) is 0. The number of hydrogen-bond donors (Lipinski definition) is 1. The molecule has 0 saturated carbocycles.